The molecule has 0 radical (unpaired) electrons. The van der Waals surface area contributed by atoms with Gasteiger partial charge in [0.1, 0.15) is 23.6 Å². The number of thiazole rings is 1. The van der Waals surface area contributed by atoms with Gasteiger partial charge in [0.2, 0.25) is 17.7 Å². The number of nitrogens with one attached hydrogen (secondary N) is 5. The fourth-order valence-corrected chi connectivity index (χ4v) is 10.4. The first-order valence-corrected chi connectivity index (χ1v) is 28.1. The summed E-state index contributed by atoms with van der Waals surface area (Å²) in [5, 5.41) is 39.2. The first-order valence-electron chi connectivity index (χ1n) is 27.2. The van der Waals surface area contributed by atoms with E-state index >= 15 is 0 Å². The second-order valence-corrected chi connectivity index (χ2v) is 22.6. The first kappa shape index (κ1) is 60.3. The van der Waals surface area contributed by atoms with Crippen LogP contribution in [-0.2, 0) is 46.4 Å². The monoisotopic (exact) mass is 1150 g/mol. The van der Waals surface area contributed by atoms with Crippen LogP contribution in [0.25, 0.3) is 21.8 Å². The number of alkyl halides is 1. The molecule has 22 nitrogen and oxygen atoms in total. The number of halogens is 1. The van der Waals surface area contributed by atoms with Crippen molar-refractivity contribution in [3.63, 3.8) is 0 Å². The summed E-state index contributed by atoms with van der Waals surface area (Å²) in [6.07, 6.45) is 0.813. The minimum absolute atomic E-state index is 0.0388. The zero-order valence-corrected chi connectivity index (χ0v) is 47.3. The molecule has 2 aliphatic carbocycles. The second kappa shape index (κ2) is 26.9. The van der Waals surface area contributed by atoms with Gasteiger partial charge in [-0.1, -0.05) is 68.4 Å². The number of likely N-dealkylation sites (N-methyl/N-ethyl adjacent to an activating group) is 1. The lowest BCUT2D eigenvalue weighted by atomic mass is 9.85. The third-order valence-electron chi connectivity index (χ3n) is 14.5. The van der Waals surface area contributed by atoms with Gasteiger partial charge in [-0.05, 0) is 72.9 Å². The number of nitrogens with zero attached hydrogens (tertiary/aromatic N) is 4. The molecule has 0 bridgehead atoms. The Hall–Kier alpha value is -7.80. The molecule has 8 rings (SSSR count). The summed E-state index contributed by atoms with van der Waals surface area (Å²) in [7, 11) is 1.55. The quantitative estimate of drug-likeness (QED) is 0.0380. The summed E-state index contributed by atoms with van der Waals surface area (Å²) in [5.41, 5.74) is 3.80. The molecule has 3 aliphatic rings. The first-order chi connectivity index (χ1) is 39.2. The van der Waals surface area contributed by atoms with Crippen LogP contribution in [0.3, 0.4) is 0 Å². The molecule has 438 valence electrons. The lowest BCUT2D eigenvalue weighted by Gasteiger charge is -2.35. The van der Waals surface area contributed by atoms with Gasteiger partial charge in [-0.3, -0.25) is 33.6 Å². The highest BCUT2D eigenvalue weighted by Crippen LogP contribution is 2.41. The average Bonchev–Trinajstić information content (AvgIpc) is 3.97. The predicted octanol–water partition coefficient (Wildman–Crippen LogP) is 4.31. The summed E-state index contributed by atoms with van der Waals surface area (Å²) >= 11 is 1.43. The lowest BCUT2D eigenvalue weighted by Crippen LogP contribution is -2.59. The van der Waals surface area contributed by atoms with Gasteiger partial charge in [0.15, 0.2) is 23.7 Å². The minimum atomic E-state index is -2.01. The third-order valence-corrected chi connectivity index (χ3v) is 15.4. The van der Waals surface area contributed by atoms with E-state index in [4.69, 9.17) is 18.7 Å². The van der Waals surface area contributed by atoms with E-state index in [2.05, 4.69) is 36.7 Å². The number of ether oxygens (including phenoxy) is 3. The van der Waals surface area contributed by atoms with Crippen molar-refractivity contribution in [3.8, 4) is 33.3 Å². The van der Waals surface area contributed by atoms with Gasteiger partial charge in [0, 0.05) is 69.8 Å². The number of phenols is 1. The number of hydrogen-bond acceptors (Lipinski definition) is 16. The molecule has 3 heterocycles. The maximum atomic E-state index is 14.6. The lowest BCUT2D eigenvalue weighted by molar-refractivity contribution is -0.145. The van der Waals surface area contributed by atoms with E-state index in [9.17, 15) is 48.2 Å². The van der Waals surface area contributed by atoms with Crippen LogP contribution in [0.1, 0.15) is 102 Å². The molecular weight excluding hydrogens is 1080 g/mol. The smallest absolute Gasteiger partial charge is 0.273 e. The van der Waals surface area contributed by atoms with Gasteiger partial charge in [-0.25, -0.2) is 9.37 Å². The highest BCUT2D eigenvalue weighted by Gasteiger charge is 2.53. The number of aryl methyl sites for hydroxylation is 2. The summed E-state index contributed by atoms with van der Waals surface area (Å²) < 4.78 is 37.2. The largest absolute Gasteiger partial charge is 0.507 e. The standard InChI is InChI=1S/C58H70FN9O13S/c1-34-50(82-33-63-34)37-10-11-38(30-62-53(74)44-28-39(69)31-68(44)55(76)51(57(2,3)4)65-56(77)58(59)17-18-58)46(27-37)80-32-49(72)61-20-23-79-25-24-78-22-16-48(71)60-19-21-67(5)54(75)41-14-12-36(26-45(41)70)47-29-43(66-81-47)52(73)64-42-15-13-35-8-6-7-9-40(35)42/h6-12,14,26-27,29,33,39,42,44,51,69-70H,13,15-25,28,30-32H2,1-5H3,(H,60,71)(H,61,72)(H,62,74)(H,64,73)(H,65,77)/t39-,42-,44+,51-/m1/s1. The van der Waals surface area contributed by atoms with Crippen molar-refractivity contribution in [1.29, 1.82) is 0 Å². The molecule has 4 atom stereocenters. The molecule has 7 N–H and O–H groups in total. The zero-order chi connectivity index (χ0) is 58.7. The number of phenolic OH excluding ortho intramolecular Hbond substituents is 1. The van der Waals surface area contributed by atoms with Crippen LogP contribution in [0.4, 0.5) is 4.39 Å². The molecule has 7 amide bonds. The Morgan fingerprint density at radius 2 is 1.67 bits per heavy atom. The number of likely N-dealkylation sites (tertiary alicyclic amines) is 1. The van der Waals surface area contributed by atoms with Gasteiger partial charge in [0.25, 0.3) is 23.6 Å². The fraction of sp³-hybridized carbons (Fsp3) is 0.466. The molecule has 0 spiro atoms. The van der Waals surface area contributed by atoms with Gasteiger partial charge < -0.3 is 65.3 Å². The van der Waals surface area contributed by atoms with Crippen LogP contribution in [0, 0.1) is 12.3 Å². The van der Waals surface area contributed by atoms with E-state index in [0.717, 1.165) is 34.5 Å². The van der Waals surface area contributed by atoms with Gasteiger partial charge in [-0.2, -0.15) is 0 Å². The van der Waals surface area contributed by atoms with Crippen LogP contribution in [0.15, 0.2) is 76.8 Å². The second-order valence-electron chi connectivity index (χ2n) is 21.7. The average molecular weight is 1150 g/mol. The fourth-order valence-electron chi connectivity index (χ4n) is 9.60. The van der Waals surface area contributed by atoms with Crippen LogP contribution < -0.4 is 31.3 Å². The number of carbonyl (C=O) groups is 7. The third kappa shape index (κ3) is 15.4. The number of aliphatic hydroxyl groups is 1. The molecule has 0 unspecified atom stereocenters. The summed E-state index contributed by atoms with van der Waals surface area (Å²) in [4.78, 5) is 99.8. The molecule has 1 saturated carbocycles. The van der Waals surface area contributed by atoms with E-state index in [1.807, 2.05) is 37.3 Å². The molecule has 82 heavy (non-hydrogen) atoms. The highest BCUT2D eigenvalue weighted by atomic mass is 32.1. The number of aromatic nitrogens is 2. The highest BCUT2D eigenvalue weighted by molar-refractivity contribution is 7.13. The topological polar surface area (TPSA) is 293 Å². The maximum Gasteiger partial charge on any atom is 0.273 e. The molecular formula is C58H70FN9O13S. The van der Waals surface area contributed by atoms with Gasteiger partial charge >= 0.3 is 0 Å². The molecule has 5 aromatic rings. The minimum Gasteiger partial charge on any atom is -0.507 e. The Morgan fingerprint density at radius 1 is 0.927 bits per heavy atom. The van der Waals surface area contributed by atoms with Crippen molar-refractivity contribution in [2.75, 3.05) is 66.3 Å². The number of amides is 7. The van der Waals surface area contributed by atoms with Gasteiger partial charge in [-0.15, -0.1) is 11.3 Å². The van der Waals surface area contributed by atoms with E-state index in [-0.39, 0.29) is 132 Å². The zero-order valence-electron chi connectivity index (χ0n) is 46.5. The Morgan fingerprint density at radius 3 is 2.40 bits per heavy atom. The number of benzene rings is 3. The van der Waals surface area contributed by atoms with Gasteiger partial charge in [0.05, 0.1) is 60.2 Å². The Balaban J connectivity index is 0.704. The van der Waals surface area contributed by atoms with Crippen molar-refractivity contribution in [3.05, 3.63) is 106 Å². The molecule has 3 aromatic carbocycles. The van der Waals surface area contributed by atoms with Crippen LogP contribution in [0.2, 0.25) is 0 Å². The Kier molecular flexibility index (Phi) is 19.7. The summed E-state index contributed by atoms with van der Waals surface area (Å²) in [6, 6.07) is 16.8. The summed E-state index contributed by atoms with van der Waals surface area (Å²) in [6.45, 7) is 7.60. The van der Waals surface area contributed by atoms with Crippen LogP contribution in [0.5, 0.6) is 11.5 Å². The summed E-state index contributed by atoms with van der Waals surface area (Å²) in [5.74, 6) is -3.35. The molecule has 2 aromatic heterocycles. The van der Waals surface area contributed by atoms with E-state index < -0.39 is 58.8 Å². The van der Waals surface area contributed by atoms with Crippen LogP contribution in [-0.4, -0.2) is 162 Å². The van der Waals surface area contributed by atoms with Crippen molar-refractivity contribution in [2.45, 2.75) is 103 Å². The van der Waals surface area contributed by atoms with Crippen molar-refractivity contribution < 1.29 is 66.9 Å². The maximum absolute atomic E-state index is 14.6. The van der Waals surface area contributed by atoms with Crippen LogP contribution >= 0.6 is 11.3 Å². The van der Waals surface area contributed by atoms with Crippen molar-refractivity contribution in [2.24, 2.45) is 5.41 Å². The predicted molar refractivity (Wildman–Crippen MR) is 298 cm³/mol. The van der Waals surface area contributed by atoms with E-state index in [1.165, 1.54) is 44.9 Å². The SMILES string of the molecule is Cc1ncsc1-c1ccc(CNC(=O)[C@@H]2C[C@@H](O)CN2C(=O)[C@@H](NC(=O)C2(F)CC2)C(C)(C)C)c(OCC(=O)NCCOCCOCCC(=O)NCCN(C)C(=O)c2ccc(-c3cc(C(=O)N[C@@H]4CCc5ccccc54)no3)cc2O)c1. The Bertz CT molecular complexity index is 3140. The number of carbonyl (C=O) groups excluding carboxylic acids is 7. The molecule has 2 fully saturated rings. The molecule has 24 heteroatoms. The van der Waals surface area contributed by atoms with Crippen molar-refractivity contribution in [1.82, 2.24) is 46.5 Å². The van der Waals surface area contributed by atoms with Crippen molar-refractivity contribution >= 4 is 52.7 Å². The molecule has 1 aliphatic heterocycles. The Labute approximate surface area is 477 Å². The number of aliphatic hydroxyl groups excluding tert-OH is 1. The van der Waals surface area contributed by atoms with E-state index in [0.29, 0.717) is 16.9 Å². The number of fused-ring (bicyclic) bond motifs is 1. The number of aromatic hydroxyl groups is 1. The molecule has 1 saturated heterocycles. The number of β-amino-alcohol motifs (C(OH)–C–C–N with tert-alkyl or cyclic N) is 1. The normalized spacial score (nSPS) is 17.3. The van der Waals surface area contributed by atoms with E-state index in [1.54, 1.807) is 51.5 Å². The number of hydrogen-bond donors (Lipinski definition) is 7. The number of rotatable bonds is 26.